The molecule has 0 saturated heterocycles. The average molecular weight is 200 g/mol. The van der Waals surface area contributed by atoms with Crippen LogP contribution in [-0.4, -0.2) is 12.1 Å². The topological polar surface area (TPSA) is 52.0 Å². The van der Waals surface area contributed by atoms with Gasteiger partial charge in [-0.1, -0.05) is 39.5 Å². The van der Waals surface area contributed by atoms with Crippen LogP contribution in [0.2, 0.25) is 0 Å². The van der Waals surface area contributed by atoms with Crippen LogP contribution in [0.3, 0.4) is 0 Å². The molecule has 0 fully saturated rings. The number of rotatable bonds is 9. The molecular formula is C12H28N2. The molecule has 0 aromatic rings. The van der Waals surface area contributed by atoms with Gasteiger partial charge in [0.25, 0.3) is 0 Å². The first-order valence-electron chi connectivity index (χ1n) is 6.21. The predicted molar refractivity (Wildman–Crippen MR) is 64.2 cm³/mol. The summed E-state index contributed by atoms with van der Waals surface area (Å²) in [6, 6.07) is 0.808. The lowest BCUT2D eigenvalue weighted by molar-refractivity contribution is 0.473. The van der Waals surface area contributed by atoms with Crippen molar-refractivity contribution in [2.24, 2.45) is 11.5 Å². The van der Waals surface area contributed by atoms with E-state index in [-0.39, 0.29) is 0 Å². The second-order valence-corrected chi connectivity index (χ2v) is 4.38. The van der Waals surface area contributed by atoms with Gasteiger partial charge in [-0.15, -0.1) is 0 Å². The summed E-state index contributed by atoms with van der Waals surface area (Å²) in [7, 11) is 0. The van der Waals surface area contributed by atoms with Crippen LogP contribution in [0.5, 0.6) is 0 Å². The zero-order chi connectivity index (χ0) is 10.8. The highest BCUT2D eigenvalue weighted by Gasteiger charge is 2.04. The maximum Gasteiger partial charge on any atom is 0.00388 e. The van der Waals surface area contributed by atoms with Crippen molar-refractivity contribution in [2.45, 2.75) is 77.3 Å². The monoisotopic (exact) mass is 200 g/mol. The van der Waals surface area contributed by atoms with Crippen molar-refractivity contribution in [3.05, 3.63) is 0 Å². The Kier molecular flexibility index (Phi) is 9.42. The fraction of sp³-hybridized carbons (Fsp3) is 1.00. The summed E-state index contributed by atoms with van der Waals surface area (Å²) in [5, 5.41) is 0. The highest BCUT2D eigenvalue weighted by atomic mass is 14.6. The molecule has 0 amide bonds. The van der Waals surface area contributed by atoms with E-state index in [9.17, 15) is 0 Å². The second kappa shape index (κ2) is 9.47. The third-order valence-corrected chi connectivity index (χ3v) is 2.74. The Morgan fingerprint density at radius 3 is 1.71 bits per heavy atom. The number of nitrogens with two attached hydrogens (primary N) is 2. The SMILES string of the molecule is CCCCC(N)CCCC(N)CCC. The van der Waals surface area contributed by atoms with Crippen molar-refractivity contribution in [1.82, 2.24) is 0 Å². The fourth-order valence-corrected chi connectivity index (χ4v) is 1.77. The standard InChI is InChI=1S/C12H28N2/c1-3-5-8-12(14)10-6-9-11(13)7-4-2/h11-12H,3-10,13-14H2,1-2H3. The lowest BCUT2D eigenvalue weighted by Crippen LogP contribution is -2.23. The quantitative estimate of drug-likeness (QED) is 0.601. The fourth-order valence-electron chi connectivity index (χ4n) is 1.77. The van der Waals surface area contributed by atoms with Gasteiger partial charge < -0.3 is 11.5 Å². The zero-order valence-electron chi connectivity index (χ0n) is 9.97. The third-order valence-electron chi connectivity index (χ3n) is 2.74. The average Bonchev–Trinajstić information content (AvgIpc) is 2.15. The van der Waals surface area contributed by atoms with Crippen LogP contribution in [0.4, 0.5) is 0 Å². The van der Waals surface area contributed by atoms with Crippen molar-refractivity contribution >= 4 is 0 Å². The molecule has 2 nitrogen and oxygen atoms in total. The van der Waals surface area contributed by atoms with Gasteiger partial charge in [-0.2, -0.15) is 0 Å². The Hall–Kier alpha value is -0.0800. The maximum absolute atomic E-state index is 5.98. The van der Waals surface area contributed by atoms with Gasteiger partial charge in [0, 0.05) is 12.1 Å². The first kappa shape index (κ1) is 13.9. The second-order valence-electron chi connectivity index (χ2n) is 4.38. The molecule has 0 aliphatic carbocycles. The molecule has 0 aromatic heterocycles. The van der Waals surface area contributed by atoms with Crippen molar-refractivity contribution < 1.29 is 0 Å². The Balaban J connectivity index is 3.25. The molecule has 0 rings (SSSR count). The minimum Gasteiger partial charge on any atom is -0.328 e. The molecule has 0 aliphatic rings. The summed E-state index contributed by atoms with van der Waals surface area (Å²) < 4.78 is 0. The van der Waals surface area contributed by atoms with Crippen LogP contribution in [0.25, 0.3) is 0 Å². The highest BCUT2D eigenvalue weighted by molar-refractivity contribution is 4.65. The van der Waals surface area contributed by atoms with E-state index in [1.807, 2.05) is 0 Å². The van der Waals surface area contributed by atoms with Crippen molar-refractivity contribution in [3.63, 3.8) is 0 Å². The Morgan fingerprint density at radius 2 is 1.21 bits per heavy atom. The molecule has 0 aliphatic heterocycles. The van der Waals surface area contributed by atoms with Gasteiger partial charge in [-0.25, -0.2) is 0 Å². The minimum absolute atomic E-state index is 0.401. The molecule has 86 valence electrons. The number of unbranched alkanes of at least 4 members (excludes halogenated alkanes) is 1. The van der Waals surface area contributed by atoms with E-state index in [1.54, 1.807) is 0 Å². The van der Waals surface area contributed by atoms with Gasteiger partial charge in [0.05, 0.1) is 0 Å². The van der Waals surface area contributed by atoms with E-state index < -0.39 is 0 Å². The summed E-state index contributed by atoms with van der Waals surface area (Å²) in [6.07, 6.45) is 9.55. The normalized spacial score (nSPS) is 15.4. The summed E-state index contributed by atoms with van der Waals surface area (Å²) in [5.41, 5.74) is 11.9. The number of hydrogen-bond donors (Lipinski definition) is 2. The van der Waals surface area contributed by atoms with Crippen LogP contribution in [0.1, 0.15) is 65.2 Å². The first-order chi connectivity index (χ1) is 6.70. The van der Waals surface area contributed by atoms with Crippen LogP contribution in [0.15, 0.2) is 0 Å². The van der Waals surface area contributed by atoms with E-state index in [0.29, 0.717) is 12.1 Å². The molecule has 2 atom stereocenters. The molecule has 0 saturated carbocycles. The molecule has 4 N–H and O–H groups in total. The minimum atomic E-state index is 0.401. The van der Waals surface area contributed by atoms with Crippen LogP contribution >= 0.6 is 0 Å². The van der Waals surface area contributed by atoms with E-state index in [2.05, 4.69) is 13.8 Å². The van der Waals surface area contributed by atoms with E-state index in [4.69, 9.17) is 11.5 Å². The summed E-state index contributed by atoms with van der Waals surface area (Å²) in [4.78, 5) is 0. The molecule has 0 spiro atoms. The molecule has 0 radical (unpaired) electrons. The van der Waals surface area contributed by atoms with E-state index in [0.717, 1.165) is 19.3 Å². The summed E-state index contributed by atoms with van der Waals surface area (Å²) in [6.45, 7) is 4.40. The van der Waals surface area contributed by atoms with Gasteiger partial charge in [-0.05, 0) is 25.7 Å². The van der Waals surface area contributed by atoms with Crippen molar-refractivity contribution in [2.75, 3.05) is 0 Å². The first-order valence-corrected chi connectivity index (χ1v) is 6.21. The molecule has 2 unspecified atom stereocenters. The van der Waals surface area contributed by atoms with Gasteiger partial charge in [0.2, 0.25) is 0 Å². The molecule has 0 heterocycles. The Bertz CT molecular complexity index is 115. The summed E-state index contributed by atoms with van der Waals surface area (Å²) >= 11 is 0. The predicted octanol–water partition coefficient (Wildman–Crippen LogP) is 2.80. The van der Waals surface area contributed by atoms with Gasteiger partial charge in [0.15, 0.2) is 0 Å². The molecule has 14 heavy (non-hydrogen) atoms. The number of hydrogen-bond acceptors (Lipinski definition) is 2. The highest BCUT2D eigenvalue weighted by Crippen LogP contribution is 2.09. The van der Waals surface area contributed by atoms with Crippen molar-refractivity contribution in [1.29, 1.82) is 0 Å². The van der Waals surface area contributed by atoms with Crippen molar-refractivity contribution in [3.8, 4) is 0 Å². The smallest absolute Gasteiger partial charge is 0.00388 e. The molecule has 2 heteroatoms. The van der Waals surface area contributed by atoms with Crippen LogP contribution in [-0.2, 0) is 0 Å². The third kappa shape index (κ3) is 8.52. The molecular weight excluding hydrogens is 172 g/mol. The van der Waals surface area contributed by atoms with Gasteiger partial charge in [-0.3, -0.25) is 0 Å². The molecule has 0 aromatic carbocycles. The lowest BCUT2D eigenvalue weighted by atomic mass is 10.0. The van der Waals surface area contributed by atoms with Crippen LogP contribution < -0.4 is 11.5 Å². The largest absolute Gasteiger partial charge is 0.328 e. The molecule has 0 bridgehead atoms. The zero-order valence-corrected chi connectivity index (χ0v) is 9.97. The van der Waals surface area contributed by atoms with Crippen LogP contribution in [0, 0.1) is 0 Å². The lowest BCUT2D eigenvalue weighted by Gasteiger charge is -2.13. The van der Waals surface area contributed by atoms with E-state index >= 15 is 0 Å². The Morgan fingerprint density at radius 1 is 0.714 bits per heavy atom. The summed E-state index contributed by atoms with van der Waals surface area (Å²) in [5.74, 6) is 0. The van der Waals surface area contributed by atoms with E-state index in [1.165, 1.54) is 32.1 Å². The maximum atomic E-state index is 5.98. The Labute approximate surface area is 89.4 Å². The van der Waals surface area contributed by atoms with Gasteiger partial charge >= 0.3 is 0 Å². The van der Waals surface area contributed by atoms with Gasteiger partial charge in [0.1, 0.15) is 0 Å².